The van der Waals surface area contributed by atoms with Gasteiger partial charge in [-0.05, 0) is 18.6 Å². The molecule has 21 heavy (non-hydrogen) atoms. The number of hydrogen-bond acceptors (Lipinski definition) is 5. The van der Waals surface area contributed by atoms with E-state index in [-0.39, 0.29) is 21.3 Å². The fraction of sp³-hybridized carbons (Fsp3) is 0.167. The maximum Gasteiger partial charge on any atom is 0.304 e. The van der Waals surface area contributed by atoms with Crippen molar-refractivity contribution in [2.24, 2.45) is 5.73 Å². The highest BCUT2D eigenvalue weighted by Crippen LogP contribution is 2.17. The van der Waals surface area contributed by atoms with Crippen LogP contribution in [0, 0.1) is 6.92 Å². The summed E-state index contributed by atoms with van der Waals surface area (Å²) in [4.78, 5) is 13.6. The number of nitrogens with one attached hydrogen (secondary N) is 2. The van der Waals surface area contributed by atoms with Crippen LogP contribution >= 0.6 is 23.6 Å². The summed E-state index contributed by atoms with van der Waals surface area (Å²) in [6.07, 6.45) is 0. The van der Waals surface area contributed by atoms with Gasteiger partial charge in [-0.15, -0.1) is 0 Å². The van der Waals surface area contributed by atoms with Gasteiger partial charge in [-0.2, -0.15) is 0 Å². The Morgan fingerprint density at radius 3 is 2.76 bits per heavy atom. The Kier molecular flexibility index (Phi) is 4.57. The second-order valence-electron chi connectivity index (χ2n) is 4.34. The number of benzene rings is 1. The second kappa shape index (κ2) is 6.06. The summed E-state index contributed by atoms with van der Waals surface area (Å²) in [7, 11) is -3.72. The molecule has 112 valence electrons. The Morgan fingerprint density at radius 1 is 1.48 bits per heavy atom. The first kappa shape index (κ1) is 15.8. The van der Waals surface area contributed by atoms with E-state index in [9.17, 15) is 13.2 Å². The molecule has 2 aromatic rings. The first-order chi connectivity index (χ1) is 9.79. The highest BCUT2D eigenvalue weighted by atomic mass is 32.2. The minimum atomic E-state index is -3.72. The lowest BCUT2D eigenvalue weighted by atomic mass is 10.1. The zero-order valence-electron chi connectivity index (χ0n) is 11.0. The number of aromatic amines is 1. The number of nitrogens with two attached hydrogens (primary N) is 1. The van der Waals surface area contributed by atoms with Gasteiger partial charge in [0.1, 0.15) is 4.99 Å². The summed E-state index contributed by atoms with van der Waals surface area (Å²) in [5.74, 6) is 0. The smallest absolute Gasteiger partial charge is 0.304 e. The van der Waals surface area contributed by atoms with Crippen molar-refractivity contribution in [2.75, 3.05) is 0 Å². The molecule has 0 radical (unpaired) electrons. The van der Waals surface area contributed by atoms with Crippen molar-refractivity contribution in [3.05, 3.63) is 50.1 Å². The summed E-state index contributed by atoms with van der Waals surface area (Å²) >= 11 is 5.84. The van der Waals surface area contributed by atoms with Gasteiger partial charge in [-0.3, -0.25) is 4.79 Å². The van der Waals surface area contributed by atoms with Crippen molar-refractivity contribution >= 4 is 38.6 Å². The summed E-state index contributed by atoms with van der Waals surface area (Å²) in [5, 5.41) is 1.57. The van der Waals surface area contributed by atoms with E-state index in [0.29, 0.717) is 16.8 Å². The molecule has 1 aromatic carbocycles. The Bertz CT molecular complexity index is 837. The van der Waals surface area contributed by atoms with Crippen molar-refractivity contribution in [3.8, 4) is 0 Å². The normalized spacial score (nSPS) is 11.5. The Labute approximate surface area is 131 Å². The molecule has 0 aliphatic carbocycles. The molecule has 0 aliphatic rings. The van der Waals surface area contributed by atoms with E-state index < -0.39 is 10.0 Å². The van der Waals surface area contributed by atoms with Crippen molar-refractivity contribution in [3.63, 3.8) is 0 Å². The van der Waals surface area contributed by atoms with E-state index in [1.54, 1.807) is 24.4 Å². The van der Waals surface area contributed by atoms with Gasteiger partial charge in [0.05, 0.1) is 11.4 Å². The summed E-state index contributed by atoms with van der Waals surface area (Å²) in [6, 6.07) is 4.76. The van der Waals surface area contributed by atoms with Gasteiger partial charge in [0.15, 0.2) is 0 Å². The zero-order chi connectivity index (χ0) is 15.6. The van der Waals surface area contributed by atoms with Gasteiger partial charge in [0.2, 0.25) is 10.0 Å². The average molecular weight is 343 g/mol. The molecule has 0 bridgehead atoms. The van der Waals surface area contributed by atoms with Gasteiger partial charge in [0.25, 0.3) is 0 Å². The van der Waals surface area contributed by atoms with Crippen LogP contribution in [-0.4, -0.2) is 18.4 Å². The highest BCUT2D eigenvalue weighted by molar-refractivity contribution is 7.89. The maximum absolute atomic E-state index is 12.3. The molecule has 9 heteroatoms. The number of rotatable bonds is 5. The topological polar surface area (TPSA) is 105 Å². The van der Waals surface area contributed by atoms with E-state index in [1.165, 1.54) is 6.07 Å². The highest BCUT2D eigenvalue weighted by Gasteiger charge is 2.18. The van der Waals surface area contributed by atoms with Crippen molar-refractivity contribution in [1.82, 2.24) is 9.71 Å². The zero-order valence-corrected chi connectivity index (χ0v) is 13.5. The lowest BCUT2D eigenvalue weighted by Crippen LogP contribution is -2.25. The van der Waals surface area contributed by atoms with E-state index in [1.807, 2.05) is 0 Å². The van der Waals surface area contributed by atoms with Crippen LogP contribution in [-0.2, 0) is 16.6 Å². The van der Waals surface area contributed by atoms with Crippen LogP contribution in [0.1, 0.15) is 16.8 Å². The summed E-state index contributed by atoms with van der Waals surface area (Å²) in [6.45, 7) is 1.70. The fourth-order valence-corrected chi connectivity index (χ4v) is 3.68. The van der Waals surface area contributed by atoms with Gasteiger partial charge in [0, 0.05) is 16.6 Å². The fourth-order valence-electron chi connectivity index (χ4n) is 1.69. The molecule has 0 fully saturated rings. The van der Waals surface area contributed by atoms with Gasteiger partial charge in [-0.25, -0.2) is 13.1 Å². The maximum atomic E-state index is 12.3. The molecule has 2 rings (SSSR count). The number of hydrogen-bond donors (Lipinski definition) is 3. The molecule has 0 unspecified atom stereocenters. The van der Waals surface area contributed by atoms with Crippen LogP contribution in [0.5, 0.6) is 0 Å². The molecule has 0 spiro atoms. The van der Waals surface area contributed by atoms with Crippen LogP contribution in [0.15, 0.2) is 33.3 Å². The molecule has 1 aromatic heterocycles. The minimum absolute atomic E-state index is 0.0117. The molecule has 0 aliphatic heterocycles. The number of sulfonamides is 1. The number of thiocarbonyl (C=S) groups is 1. The molecule has 0 atom stereocenters. The predicted octanol–water partition coefficient (Wildman–Crippen LogP) is 0.858. The average Bonchev–Trinajstić information content (AvgIpc) is 2.82. The summed E-state index contributed by atoms with van der Waals surface area (Å²) < 4.78 is 27.1. The number of H-pyrrole nitrogens is 1. The minimum Gasteiger partial charge on any atom is -0.389 e. The molecular weight excluding hydrogens is 330 g/mol. The van der Waals surface area contributed by atoms with E-state index in [4.69, 9.17) is 18.0 Å². The Hall–Kier alpha value is -1.55. The monoisotopic (exact) mass is 343 g/mol. The lowest BCUT2D eigenvalue weighted by molar-refractivity contribution is 0.580. The largest absolute Gasteiger partial charge is 0.389 e. The summed E-state index contributed by atoms with van der Waals surface area (Å²) in [5.41, 5.74) is 7.10. The molecule has 6 nitrogen and oxygen atoms in total. The Morgan fingerprint density at radius 2 is 2.19 bits per heavy atom. The van der Waals surface area contributed by atoms with Gasteiger partial charge in [-0.1, -0.05) is 35.7 Å². The SMILES string of the molecule is Cc1ccc(C(N)=S)cc1S(=O)(=O)NCc1csc(=O)[nH]1. The van der Waals surface area contributed by atoms with Crippen molar-refractivity contribution in [1.29, 1.82) is 0 Å². The standard InChI is InChI=1S/C12H13N3O3S3/c1-7-2-3-8(11(13)19)4-10(7)21(17,18)14-5-9-6-20-12(16)15-9/h2-4,6,14H,5H2,1H3,(H2,13,19)(H,15,16). The van der Waals surface area contributed by atoms with E-state index in [0.717, 1.165) is 11.3 Å². The van der Waals surface area contributed by atoms with Crippen molar-refractivity contribution < 1.29 is 8.42 Å². The first-order valence-electron chi connectivity index (χ1n) is 5.86. The second-order valence-corrected chi connectivity index (χ2v) is 7.36. The van der Waals surface area contributed by atoms with E-state index >= 15 is 0 Å². The third-order valence-electron chi connectivity index (χ3n) is 2.79. The molecule has 0 saturated carbocycles. The molecule has 0 amide bonds. The number of aromatic nitrogens is 1. The van der Waals surface area contributed by atoms with Crippen LogP contribution in [0.4, 0.5) is 0 Å². The van der Waals surface area contributed by atoms with Gasteiger partial charge >= 0.3 is 4.87 Å². The lowest BCUT2D eigenvalue weighted by Gasteiger charge is -2.10. The van der Waals surface area contributed by atoms with Crippen LogP contribution < -0.4 is 15.3 Å². The molecule has 4 N–H and O–H groups in total. The third kappa shape index (κ3) is 3.76. The third-order valence-corrected chi connectivity index (χ3v) is 5.28. The number of thiazole rings is 1. The van der Waals surface area contributed by atoms with Crippen molar-refractivity contribution in [2.45, 2.75) is 18.4 Å². The van der Waals surface area contributed by atoms with Gasteiger partial charge < -0.3 is 10.7 Å². The van der Waals surface area contributed by atoms with Crippen LogP contribution in [0.3, 0.4) is 0 Å². The quantitative estimate of drug-likeness (QED) is 0.698. The predicted molar refractivity (Wildman–Crippen MR) is 86.0 cm³/mol. The van der Waals surface area contributed by atoms with E-state index in [2.05, 4.69) is 9.71 Å². The van der Waals surface area contributed by atoms with Crippen LogP contribution in [0.25, 0.3) is 0 Å². The molecule has 1 heterocycles. The first-order valence-corrected chi connectivity index (χ1v) is 8.63. The Balaban J connectivity index is 2.28. The van der Waals surface area contributed by atoms with Crippen LogP contribution in [0.2, 0.25) is 0 Å². The molecule has 0 saturated heterocycles. The molecular formula is C12H13N3O3S3. The number of aryl methyl sites for hydroxylation is 1.